The first-order valence-corrected chi connectivity index (χ1v) is 6.75. The number of anilines is 1. The molecule has 0 aliphatic carbocycles. The van der Waals surface area contributed by atoms with Crippen molar-refractivity contribution in [2.75, 3.05) is 25.0 Å². The Morgan fingerprint density at radius 2 is 2.25 bits per heavy atom. The molecule has 1 aromatic rings. The van der Waals surface area contributed by atoms with Crippen molar-refractivity contribution in [2.24, 2.45) is 0 Å². The van der Waals surface area contributed by atoms with Gasteiger partial charge in [-0.05, 0) is 37.6 Å². The van der Waals surface area contributed by atoms with E-state index in [1.165, 1.54) is 0 Å². The molecule has 3 amide bonds. The van der Waals surface area contributed by atoms with Crippen molar-refractivity contribution in [3.8, 4) is 0 Å². The van der Waals surface area contributed by atoms with E-state index in [1.54, 1.807) is 6.07 Å². The third-order valence-electron chi connectivity index (χ3n) is 3.11. The fourth-order valence-corrected chi connectivity index (χ4v) is 2.12. The molecule has 1 aromatic carbocycles. The van der Waals surface area contributed by atoms with Gasteiger partial charge in [-0.1, -0.05) is 12.1 Å². The number of rotatable bonds is 4. The van der Waals surface area contributed by atoms with E-state index in [-0.39, 0.29) is 24.5 Å². The van der Waals surface area contributed by atoms with Gasteiger partial charge in [-0.25, -0.2) is 4.79 Å². The van der Waals surface area contributed by atoms with Crippen molar-refractivity contribution in [3.63, 3.8) is 0 Å². The lowest BCUT2D eigenvalue weighted by Crippen LogP contribution is -2.43. The second kappa shape index (κ2) is 6.91. The molecular formula is C14H20N4O2. The molecule has 2 rings (SSSR count). The van der Waals surface area contributed by atoms with Gasteiger partial charge in [-0.15, -0.1) is 0 Å². The van der Waals surface area contributed by atoms with E-state index < -0.39 is 0 Å². The molecule has 1 fully saturated rings. The predicted octanol–water partition coefficient (Wildman–Crippen LogP) is 0.595. The maximum atomic E-state index is 11.7. The molecule has 1 aliphatic heterocycles. The van der Waals surface area contributed by atoms with Crippen LogP contribution in [0.1, 0.15) is 12.0 Å². The number of carbonyl (C=O) groups is 2. The average molecular weight is 276 g/mol. The number of nitrogens with one attached hydrogen (secondary N) is 4. The quantitative estimate of drug-likeness (QED) is 0.650. The lowest BCUT2D eigenvalue weighted by Gasteiger charge is -2.12. The molecule has 108 valence electrons. The molecule has 1 atom stereocenters. The van der Waals surface area contributed by atoms with Crippen molar-refractivity contribution < 1.29 is 9.59 Å². The zero-order valence-corrected chi connectivity index (χ0v) is 11.5. The fraction of sp³-hybridized carbons (Fsp3) is 0.429. The molecule has 0 spiro atoms. The van der Waals surface area contributed by atoms with E-state index in [9.17, 15) is 9.59 Å². The summed E-state index contributed by atoms with van der Waals surface area (Å²) in [6.45, 7) is 3.65. The van der Waals surface area contributed by atoms with Gasteiger partial charge in [0, 0.05) is 18.3 Å². The second-order valence-electron chi connectivity index (χ2n) is 4.93. The van der Waals surface area contributed by atoms with Crippen molar-refractivity contribution in [3.05, 3.63) is 29.8 Å². The topological polar surface area (TPSA) is 82.3 Å². The monoisotopic (exact) mass is 276 g/mol. The summed E-state index contributed by atoms with van der Waals surface area (Å²) in [6, 6.07) is 7.27. The van der Waals surface area contributed by atoms with Gasteiger partial charge in [0.1, 0.15) is 0 Å². The highest BCUT2D eigenvalue weighted by Crippen LogP contribution is 2.08. The molecule has 0 radical (unpaired) electrons. The van der Waals surface area contributed by atoms with Crippen LogP contribution in [0, 0.1) is 6.92 Å². The van der Waals surface area contributed by atoms with Crippen LogP contribution >= 0.6 is 0 Å². The predicted molar refractivity (Wildman–Crippen MR) is 77.6 cm³/mol. The Labute approximate surface area is 118 Å². The van der Waals surface area contributed by atoms with E-state index in [2.05, 4.69) is 21.3 Å². The summed E-state index contributed by atoms with van der Waals surface area (Å²) in [5.74, 6) is -0.168. The highest BCUT2D eigenvalue weighted by atomic mass is 16.2. The Hall–Kier alpha value is -2.08. The maximum absolute atomic E-state index is 11.7. The summed E-state index contributed by atoms with van der Waals surface area (Å²) in [4.78, 5) is 23.3. The van der Waals surface area contributed by atoms with Crippen LogP contribution in [-0.4, -0.2) is 37.6 Å². The second-order valence-corrected chi connectivity index (χ2v) is 4.93. The molecule has 1 saturated heterocycles. The summed E-state index contributed by atoms with van der Waals surface area (Å²) < 4.78 is 0. The average Bonchev–Trinajstić information content (AvgIpc) is 2.89. The van der Waals surface area contributed by atoms with Gasteiger partial charge in [0.15, 0.2) is 0 Å². The summed E-state index contributed by atoms with van der Waals surface area (Å²) in [7, 11) is 0. The molecule has 4 N–H and O–H groups in total. The van der Waals surface area contributed by atoms with Crippen LogP contribution in [-0.2, 0) is 4.79 Å². The van der Waals surface area contributed by atoms with E-state index in [4.69, 9.17) is 0 Å². The van der Waals surface area contributed by atoms with E-state index in [1.807, 2.05) is 25.1 Å². The molecule has 0 bridgehead atoms. The molecule has 6 heteroatoms. The van der Waals surface area contributed by atoms with Gasteiger partial charge in [0.25, 0.3) is 0 Å². The summed E-state index contributed by atoms with van der Waals surface area (Å²) in [5.41, 5.74) is 1.78. The standard InChI is InChI=1S/C14H20N4O2/c1-10-3-2-4-11(7-10)18-14(20)16-9-13(19)17-12-5-6-15-8-12/h2-4,7,12,15H,5-6,8-9H2,1H3,(H,17,19)(H2,16,18,20). The Morgan fingerprint density at radius 1 is 1.40 bits per heavy atom. The molecule has 0 saturated carbocycles. The number of amides is 3. The van der Waals surface area contributed by atoms with Crippen LogP contribution in [0.5, 0.6) is 0 Å². The zero-order chi connectivity index (χ0) is 14.4. The number of carbonyl (C=O) groups excluding carboxylic acids is 2. The summed E-state index contributed by atoms with van der Waals surface area (Å²) in [5, 5.41) is 11.3. The zero-order valence-electron chi connectivity index (χ0n) is 11.5. The fourth-order valence-electron chi connectivity index (χ4n) is 2.12. The lowest BCUT2D eigenvalue weighted by atomic mass is 10.2. The van der Waals surface area contributed by atoms with Crippen LogP contribution in [0.25, 0.3) is 0 Å². The van der Waals surface area contributed by atoms with Crippen molar-refractivity contribution in [1.29, 1.82) is 0 Å². The Balaban J connectivity index is 1.70. The summed E-state index contributed by atoms with van der Waals surface area (Å²) in [6.07, 6.45) is 0.932. The number of benzene rings is 1. The van der Waals surface area contributed by atoms with Crippen molar-refractivity contribution in [1.82, 2.24) is 16.0 Å². The van der Waals surface area contributed by atoms with Gasteiger partial charge in [0.05, 0.1) is 6.54 Å². The number of hydrogen-bond donors (Lipinski definition) is 4. The summed E-state index contributed by atoms with van der Waals surface area (Å²) >= 11 is 0. The highest BCUT2D eigenvalue weighted by Gasteiger charge is 2.16. The lowest BCUT2D eigenvalue weighted by molar-refractivity contribution is -0.120. The molecule has 6 nitrogen and oxygen atoms in total. The van der Waals surface area contributed by atoms with E-state index >= 15 is 0 Å². The normalized spacial score (nSPS) is 17.6. The molecular weight excluding hydrogens is 256 g/mol. The highest BCUT2D eigenvalue weighted by molar-refractivity contribution is 5.92. The van der Waals surface area contributed by atoms with Gasteiger partial charge in [-0.3, -0.25) is 4.79 Å². The largest absolute Gasteiger partial charge is 0.351 e. The third kappa shape index (κ3) is 4.55. The van der Waals surface area contributed by atoms with E-state index in [0.29, 0.717) is 5.69 Å². The van der Waals surface area contributed by atoms with Gasteiger partial charge < -0.3 is 21.3 Å². The number of urea groups is 1. The van der Waals surface area contributed by atoms with Gasteiger partial charge in [-0.2, -0.15) is 0 Å². The maximum Gasteiger partial charge on any atom is 0.319 e. The van der Waals surface area contributed by atoms with Crippen LogP contribution in [0.3, 0.4) is 0 Å². The van der Waals surface area contributed by atoms with Crippen LogP contribution in [0.2, 0.25) is 0 Å². The smallest absolute Gasteiger partial charge is 0.319 e. The first-order valence-electron chi connectivity index (χ1n) is 6.75. The van der Waals surface area contributed by atoms with Crippen LogP contribution in [0.4, 0.5) is 10.5 Å². The Kier molecular flexibility index (Phi) is 4.95. The minimum absolute atomic E-state index is 0.0197. The minimum Gasteiger partial charge on any atom is -0.351 e. The minimum atomic E-state index is -0.379. The van der Waals surface area contributed by atoms with Gasteiger partial charge in [0.2, 0.25) is 5.91 Å². The number of aryl methyl sites for hydroxylation is 1. The first kappa shape index (κ1) is 14.3. The van der Waals surface area contributed by atoms with Crippen LogP contribution < -0.4 is 21.3 Å². The molecule has 0 aromatic heterocycles. The molecule has 1 heterocycles. The van der Waals surface area contributed by atoms with E-state index in [0.717, 1.165) is 25.1 Å². The first-order chi connectivity index (χ1) is 9.63. The molecule has 20 heavy (non-hydrogen) atoms. The Bertz CT molecular complexity index is 484. The SMILES string of the molecule is Cc1cccc(NC(=O)NCC(=O)NC2CCNC2)c1. The van der Waals surface area contributed by atoms with Gasteiger partial charge >= 0.3 is 6.03 Å². The Morgan fingerprint density at radius 3 is 2.95 bits per heavy atom. The third-order valence-corrected chi connectivity index (χ3v) is 3.11. The van der Waals surface area contributed by atoms with Crippen molar-refractivity contribution in [2.45, 2.75) is 19.4 Å². The van der Waals surface area contributed by atoms with Crippen LogP contribution in [0.15, 0.2) is 24.3 Å². The number of hydrogen-bond acceptors (Lipinski definition) is 3. The molecule has 1 unspecified atom stereocenters. The van der Waals surface area contributed by atoms with Crippen molar-refractivity contribution >= 4 is 17.6 Å². The molecule has 1 aliphatic rings.